The Morgan fingerprint density at radius 2 is 1.79 bits per heavy atom. The SMILES string of the molecule is CNC(C)c1ccc(-c2ncc(CCO)cn2)cc1. The standard InChI is InChI=1S/C15H19N3O/c1-11(16-2)13-3-5-14(6-4-13)15-17-9-12(7-8-19)10-18-15/h3-6,9-11,16,19H,7-8H2,1-2H3. The largest absolute Gasteiger partial charge is 0.396 e. The van der Waals surface area contributed by atoms with Gasteiger partial charge in [-0.15, -0.1) is 0 Å². The van der Waals surface area contributed by atoms with Crippen LogP contribution in [0.3, 0.4) is 0 Å². The summed E-state index contributed by atoms with van der Waals surface area (Å²) in [4.78, 5) is 8.65. The number of aliphatic hydroxyl groups excluding tert-OH is 1. The molecule has 2 aromatic rings. The van der Waals surface area contributed by atoms with Crippen molar-refractivity contribution >= 4 is 0 Å². The lowest BCUT2D eigenvalue weighted by atomic mass is 10.1. The Morgan fingerprint density at radius 1 is 1.16 bits per heavy atom. The highest BCUT2D eigenvalue weighted by atomic mass is 16.2. The number of nitrogens with one attached hydrogen (secondary N) is 1. The van der Waals surface area contributed by atoms with Crippen molar-refractivity contribution in [1.82, 2.24) is 15.3 Å². The summed E-state index contributed by atoms with van der Waals surface area (Å²) in [6.45, 7) is 2.24. The third kappa shape index (κ3) is 3.36. The van der Waals surface area contributed by atoms with E-state index < -0.39 is 0 Å². The van der Waals surface area contributed by atoms with Crippen LogP contribution in [0, 0.1) is 0 Å². The molecule has 19 heavy (non-hydrogen) atoms. The second kappa shape index (κ2) is 6.41. The van der Waals surface area contributed by atoms with Crippen LogP contribution in [-0.4, -0.2) is 28.7 Å². The second-order valence-electron chi connectivity index (χ2n) is 4.52. The minimum atomic E-state index is 0.124. The first-order valence-corrected chi connectivity index (χ1v) is 6.44. The molecule has 1 aromatic heterocycles. The van der Waals surface area contributed by atoms with Gasteiger partial charge in [0.05, 0.1) is 0 Å². The molecule has 0 aliphatic rings. The molecule has 0 aliphatic carbocycles. The summed E-state index contributed by atoms with van der Waals surface area (Å²) in [5.41, 5.74) is 3.19. The average molecular weight is 257 g/mol. The zero-order valence-electron chi connectivity index (χ0n) is 11.3. The summed E-state index contributed by atoms with van der Waals surface area (Å²) >= 11 is 0. The molecule has 2 N–H and O–H groups in total. The maximum Gasteiger partial charge on any atom is 0.159 e. The van der Waals surface area contributed by atoms with E-state index in [-0.39, 0.29) is 6.61 Å². The van der Waals surface area contributed by atoms with Gasteiger partial charge in [0.15, 0.2) is 5.82 Å². The number of benzene rings is 1. The molecule has 1 unspecified atom stereocenters. The highest BCUT2D eigenvalue weighted by Gasteiger charge is 2.05. The first-order chi connectivity index (χ1) is 9.24. The molecule has 0 radical (unpaired) electrons. The molecule has 1 heterocycles. The fourth-order valence-electron chi connectivity index (χ4n) is 1.85. The average Bonchev–Trinajstić information content (AvgIpc) is 2.48. The van der Waals surface area contributed by atoms with Crippen molar-refractivity contribution in [2.24, 2.45) is 0 Å². The van der Waals surface area contributed by atoms with Crippen molar-refractivity contribution < 1.29 is 5.11 Å². The normalized spacial score (nSPS) is 12.4. The highest BCUT2D eigenvalue weighted by Crippen LogP contribution is 2.18. The van der Waals surface area contributed by atoms with Gasteiger partial charge in [0.25, 0.3) is 0 Å². The number of hydrogen-bond donors (Lipinski definition) is 2. The lowest BCUT2D eigenvalue weighted by molar-refractivity contribution is 0.299. The molecule has 0 bridgehead atoms. The third-order valence-electron chi connectivity index (χ3n) is 3.21. The van der Waals surface area contributed by atoms with E-state index in [1.165, 1.54) is 5.56 Å². The zero-order valence-corrected chi connectivity index (χ0v) is 11.3. The summed E-state index contributed by atoms with van der Waals surface area (Å²) in [7, 11) is 1.95. The van der Waals surface area contributed by atoms with Crippen LogP contribution in [0.1, 0.15) is 24.1 Å². The van der Waals surface area contributed by atoms with Gasteiger partial charge in [-0.1, -0.05) is 24.3 Å². The minimum Gasteiger partial charge on any atom is -0.396 e. The Kier molecular flexibility index (Phi) is 4.60. The maximum absolute atomic E-state index is 8.85. The molecule has 0 amide bonds. The molecule has 4 heteroatoms. The molecular weight excluding hydrogens is 238 g/mol. The molecule has 100 valence electrons. The summed E-state index contributed by atoms with van der Waals surface area (Å²) in [5, 5.41) is 12.1. The Labute approximate surface area is 113 Å². The number of aliphatic hydroxyl groups is 1. The lowest BCUT2D eigenvalue weighted by Crippen LogP contribution is -2.11. The van der Waals surface area contributed by atoms with Crippen LogP contribution >= 0.6 is 0 Å². The molecule has 0 aliphatic heterocycles. The predicted octanol–water partition coefficient (Wildman–Crippen LogP) is 1.96. The van der Waals surface area contributed by atoms with Crippen molar-refractivity contribution in [3.63, 3.8) is 0 Å². The van der Waals surface area contributed by atoms with Crippen molar-refractivity contribution in [3.05, 3.63) is 47.8 Å². The van der Waals surface area contributed by atoms with Gasteiger partial charge in [-0.2, -0.15) is 0 Å². The summed E-state index contributed by atoms with van der Waals surface area (Å²) < 4.78 is 0. The zero-order chi connectivity index (χ0) is 13.7. The van der Waals surface area contributed by atoms with E-state index in [0.717, 1.165) is 11.1 Å². The number of nitrogens with zero attached hydrogens (tertiary/aromatic N) is 2. The Morgan fingerprint density at radius 3 is 2.32 bits per heavy atom. The monoisotopic (exact) mass is 257 g/mol. The molecule has 0 spiro atoms. The van der Waals surface area contributed by atoms with Gasteiger partial charge < -0.3 is 10.4 Å². The predicted molar refractivity (Wildman–Crippen MR) is 75.7 cm³/mol. The lowest BCUT2D eigenvalue weighted by Gasteiger charge is -2.10. The summed E-state index contributed by atoms with van der Waals surface area (Å²) in [5.74, 6) is 0.713. The van der Waals surface area contributed by atoms with Gasteiger partial charge in [0.1, 0.15) is 0 Å². The third-order valence-corrected chi connectivity index (χ3v) is 3.21. The molecule has 0 saturated heterocycles. The number of aromatic nitrogens is 2. The van der Waals surface area contributed by atoms with Crippen molar-refractivity contribution in [2.45, 2.75) is 19.4 Å². The van der Waals surface area contributed by atoms with Gasteiger partial charge in [0.2, 0.25) is 0 Å². The summed E-state index contributed by atoms with van der Waals surface area (Å²) in [6, 6.07) is 8.57. The summed E-state index contributed by atoms with van der Waals surface area (Å²) in [6.07, 6.45) is 4.13. The smallest absolute Gasteiger partial charge is 0.159 e. The Hall–Kier alpha value is -1.78. The van der Waals surface area contributed by atoms with Gasteiger partial charge in [0, 0.05) is 30.6 Å². The van der Waals surface area contributed by atoms with E-state index in [0.29, 0.717) is 18.3 Å². The van der Waals surface area contributed by atoms with E-state index in [2.05, 4.69) is 34.3 Å². The van der Waals surface area contributed by atoms with Crippen molar-refractivity contribution in [1.29, 1.82) is 0 Å². The number of hydrogen-bond acceptors (Lipinski definition) is 4. The first-order valence-electron chi connectivity index (χ1n) is 6.44. The van der Waals surface area contributed by atoms with Gasteiger partial charge >= 0.3 is 0 Å². The second-order valence-corrected chi connectivity index (χ2v) is 4.52. The first kappa shape index (κ1) is 13.6. The van der Waals surface area contributed by atoms with Crippen LogP contribution in [-0.2, 0) is 6.42 Å². The van der Waals surface area contributed by atoms with Crippen LogP contribution in [0.15, 0.2) is 36.7 Å². The topological polar surface area (TPSA) is 58.0 Å². The molecule has 1 atom stereocenters. The molecule has 4 nitrogen and oxygen atoms in total. The van der Waals surface area contributed by atoms with E-state index >= 15 is 0 Å². The van der Waals surface area contributed by atoms with Crippen LogP contribution in [0.5, 0.6) is 0 Å². The van der Waals surface area contributed by atoms with E-state index in [1.54, 1.807) is 12.4 Å². The minimum absolute atomic E-state index is 0.124. The highest BCUT2D eigenvalue weighted by molar-refractivity contribution is 5.55. The van der Waals surface area contributed by atoms with Crippen molar-refractivity contribution in [2.75, 3.05) is 13.7 Å². The fourth-order valence-corrected chi connectivity index (χ4v) is 1.85. The Bertz CT molecular complexity index is 508. The molecule has 2 rings (SSSR count). The molecule has 0 fully saturated rings. The van der Waals surface area contributed by atoms with Crippen LogP contribution in [0.2, 0.25) is 0 Å². The molecule has 0 saturated carbocycles. The van der Waals surface area contributed by atoms with Gasteiger partial charge in [-0.25, -0.2) is 9.97 Å². The van der Waals surface area contributed by atoms with Gasteiger partial charge in [-0.05, 0) is 31.5 Å². The maximum atomic E-state index is 8.85. The van der Waals surface area contributed by atoms with Crippen LogP contribution in [0.4, 0.5) is 0 Å². The van der Waals surface area contributed by atoms with E-state index in [9.17, 15) is 0 Å². The molecular formula is C15H19N3O. The van der Waals surface area contributed by atoms with Crippen LogP contribution in [0.25, 0.3) is 11.4 Å². The Balaban J connectivity index is 2.17. The fraction of sp³-hybridized carbons (Fsp3) is 0.333. The van der Waals surface area contributed by atoms with Crippen molar-refractivity contribution in [3.8, 4) is 11.4 Å². The van der Waals surface area contributed by atoms with Gasteiger partial charge in [-0.3, -0.25) is 0 Å². The molecule has 1 aromatic carbocycles. The quantitative estimate of drug-likeness (QED) is 0.859. The van der Waals surface area contributed by atoms with E-state index in [1.807, 2.05) is 19.2 Å². The number of rotatable bonds is 5. The van der Waals surface area contributed by atoms with Crippen LogP contribution < -0.4 is 5.32 Å². The van der Waals surface area contributed by atoms with E-state index in [4.69, 9.17) is 5.11 Å².